The zero-order chi connectivity index (χ0) is 15.4. The van der Waals surface area contributed by atoms with Gasteiger partial charge in [0.15, 0.2) is 23.3 Å². The lowest BCUT2D eigenvalue weighted by atomic mass is 10.2. The van der Waals surface area contributed by atoms with Gasteiger partial charge in [-0.1, -0.05) is 0 Å². The Morgan fingerprint density at radius 1 is 1.10 bits per heavy atom. The molecule has 1 aromatic rings. The van der Waals surface area contributed by atoms with Crippen molar-refractivity contribution >= 4 is 17.6 Å². The number of urea groups is 1. The number of halogens is 4. The number of anilines is 1. The van der Waals surface area contributed by atoms with Gasteiger partial charge in [-0.15, -0.1) is 0 Å². The Balaban J connectivity index is 2.93. The minimum atomic E-state index is -1.66. The van der Waals surface area contributed by atoms with Crippen molar-refractivity contribution in [2.75, 3.05) is 12.4 Å². The average molecular weight is 293 g/mol. The van der Waals surface area contributed by atoms with E-state index in [1.165, 1.54) is 7.05 Å². The predicted molar refractivity (Wildman–Crippen MR) is 62.0 cm³/mol. The summed E-state index contributed by atoms with van der Waals surface area (Å²) in [5, 5.41) is 5.89. The van der Waals surface area contributed by atoms with Crippen LogP contribution in [0.3, 0.4) is 0 Å². The molecule has 3 N–H and O–H groups in total. The smallest absolute Gasteiger partial charge is 0.321 e. The summed E-state index contributed by atoms with van der Waals surface area (Å²) >= 11 is 0. The summed E-state index contributed by atoms with van der Waals surface area (Å²) in [6, 6.07) is -2.10. The maximum atomic E-state index is 13.3. The second-order valence-electron chi connectivity index (χ2n) is 3.78. The first-order valence-electron chi connectivity index (χ1n) is 5.40. The first-order valence-corrected chi connectivity index (χ1v) is 5.40. The maximum absolute atomic E-state index is 13.3. The van der Waals surface area contributed by atoms with Gasteiger partial charge in [0.25, 0.3) is 0 Å². The molecule has 1 aromatic carbocycles. The summed E-state index contributed by atoms with van der Waals surface area (Å²) in [5.41, 5.74) is -1.12. The Bertz CT molecular complexity index is 525. The van der Waals surface area contributed by atoms with Crippen LogP contribution in [0.5, 0.6) is 0 Å². The van der Waals surface area contributed by atoms with E-state index in [1.54, 1.807) is 0 Å². The van der Waals surface area contributed by atoms with E-state index >= 15 is 0 Å². The molecule has 1 rings (SSSR count). The molecule has 0 fully saturated rings. The van der Waals surface area contributed by atoms with Crippen molar-refractivity contribution in [3.63, 3.8) is 0 Å². The van der Waals surface area contributed by atoms with E-state index in [9.17, 15) is 27.2 Å². The molecule has 20 heavy (non-hydrogen) atoms. The van der Waals surface area contributed by atoms with Crippen LogP contribution < -0.4 is 16.0 Å². The topological polar surface area (TPSA) is 70.2 Å². The van der Waals surface area contributed by atoms with Crippen LogP contribution in [0.15, 0.2) is 6.07 Å². The number of amides is 3. The highest BCUT2D eigenvalue weighted by atomic mass is 19.2. The van der Waals surface area contributed by atoms with Crippen LogP contribution in [-0.4, -0.2) is 25.0 Å². The summed E-state index contributed by atoms with van der Waals surface area (Å²) < 4.78 is 52.6. The Hall–Kier alpha value is -2.32. The lowest BCUT2D eigenvalue weighted by molar-refractivity contribution is -0.120. The second-order valence-corrected chi connectivity index (χ2v) is 3.78. The molecule has 0 spiro atoms. The number of hydrogen-bond acceptors (Lipinski definition) is 3. The Morgan fingerprint density at radius 3 is 2.05 bits per heavy atom. The molecule has 0 aromatic heterocycles. The quantitative estimate of drug-likeness (QED) is 0.584. The van der Waals surface area contributed by atoms with E-state index < -0.39 is 46.9 Å². The number of carbonyl (C=O) groups is 2. The van der Waals surface area contributed by atoms with Crippen molar-refractivity contribution < 1.29 is 27.2 Å². The third-order valence-corrected chi connectivity index (χ3v) is 2.33. The number of carbonyl (C=O) groups excluding carboxylic acids is 2. The van der Waals surface area contributed by atoms with Crippen molar-refractivity contribution in [3.8, 4) is 0 Å². The van der Waals surface area contributed by atoms with Crippen LogP contribution in [0, 0.1) is 23.3 Å². The Kier molecular flexibility index (Phi) is 4.89. The van der Waals surface area contributed by atoms with Crippen molar-refractivity contribution in [3.05, 3.63) is 29.3 Å². The van der Waals surface area contributed by atoms with Gasteiger partial charge in [-0.25, -0.2) is 22.4 Å². The molecule has 3 amide bonds. The molecule has 0 saturated heterocycles. The van der Waals surface area contributed by atoms with E-state index in [2.05, 4.69) is 5.32 Å². The van der Waals surface area contributed by atoms with Crippen LogP contribution >= 0.6 is 0 Å². The number of rotatable bonds is 3. The van der Waals surface area contributed by atoms with Crippen LogP contribution in [-0.2, 0) is 4.79 Å². The highest BCUT2D eigenvalue weighted by Gasteiger charge is 2.23. The minimum absolute atomic E-state index is 0.0467. The highest BCUT2D eigenvalue weighted by Crippen LogP contribution is 2.24. The zero-order valence-electron chi connectivity index (χ0n) is 10.5. The SMILES string of the molecule is CNC(=O)NC(=O)C(C)Nc1c(F)c(F)cc(F)c1F. The predicted octanol–water partition coefficient (Wildman–Crippen LogP) is 1.50. The van der Waals surface area contributed by atoms with Gasteiger partial charge in [0, 0.05) is 13.1 Å². The van der Waals surface area contributed by atoms with Crippen LogP contribution in [0.4, 0.5) is 28.0 Å². The Labute approximate surface area is 111 Å². The summed E-state index contributed by atoms with van der Waals surface area (Å²) in [7, 11) is 1.25. The molecule has 9 heteroatoms. The van der Waals surface area contributed by atoms with E-state index in [0.717, 1.165) is 6.92 Å². The van der Waals surface area contributed by atoms with Crippen molar-refractivity contribution in [1.29, 1.82) is 0 Å². The standard InChI is InChI=1S/C11H11F4N3O2/c1-4(10(19)18-11(20)16-2)17-9-7(14)5(12)3-6(13)8(9)15/h3-4,17H,1-2H3,(H2,16,18,19,20). The molecular formula is C11H11F4N3O2. The van der Waals surface area contributed by atoms with Crippen molar-refractivity contribution in [2.45, 2.75) is 13.0 Å². The molecule has 0 radical (unpaired) electrons. The molecule has 0 bridgehead atoms. The Morgan fingerprint density at radius 2 is 1.60 bits per heavy atom. The van der Waals surface area contributed by atoms with Gasteiger partial charge < -0.3 is 10.6 Å². The fourth-order valence-corrected chi connectivity index (χ4v) is 1.26. The fraction of sp³-hybridized carbons (Fsp3) is 0.273. The van der Waals surface area contributed by atoms with E-state index in [-0.39, 0.29) is 6.07 Å². The lowest BCUT2D eigenvalue weighted by Crippen LogP contribution is -2.44. The molecule has 110 valence electrons. The molecule has 0 aliphatic rings. The molecule has 0 aliphatic heterocycles. The zero-order valence-corrected chi connectivity index (χ0v) is 10.5. The van der Waals surface area contributed by atoms with E-state index in [4.69, 9.17) is 0 Å². The number of hydrogen-bond donors (Lipinski definition) is 3. The van der Waals surface area contributed by atoms with Crippen LogP contribution in [0.25, 0.3) is 0 Å². The highest BCUT2D eigenvalue weighted by molar-refractivity contribution is 5.97. The summed E-state index contributed by atoms with van der Waals surface area (Å²) in [6.45, 7) is 1.15. The molecule has 5 nitrogen and oxygen atoms in total. The van der Waals surface area contributed by atoms with Gasteiger partial charge in [0.2, 0.25) is 5.91 Å². The van der Waals surface area contributed by atoms with Crippen molar-refractivity contribution in [1.82, 2.24) is 10.6 Å². The van der Waals surface area contributed by atoms with Crippen molar-refractivity contribution in [2.24, 2.45) is 0 Å². The fourth-order valence-electron chi connectivity index (χ4n) is 1.26. The maximum Gasteiger partial charge on any atom is 0.321 e. The number of benzene rings is 1. The first-order chi connectivity index (χ1) is 9.27. The number of imide groups is 1. The number of nitrogens with one attached hydrogen (secondary N) is 3. The van der Waals surface area contributed by atoms with E-state index in [1.807, 2.05) is 10.6 Å². The molecule has 0 heterocycles. The first kappa shape index (κ1) is 15.7. The third-order valence-electron chi connectivity index (χ3n) is 2.33. The van der Waals surface area contributed by atoms with Crippen LogP contribution in [0.2, 0.25) is 0 Å². The summed E-state index contributed by atoms with van der Waals surface area (Å²) in [6.07, 6.45) is 0. The average Bonchev–Trinajstić information content (AvgIpc) is 2.40. The van der Waals surface area contributed by atoms with Gasteiger partial charge in [0.1, 0.15) is 11.7 Å². The van der Waals surface area contributed by atoms with Crippen LogP contribution in [0.1, 0.15) is 6.92 Å². The monoisotopic (exact) mass is 293 g/mol. The normalized spacial score (nSPS) is 11.7. The lowest BCUT2D eigenvalue weighted by Gasteiger charge is -2.16. The summed E-state index contributed by atoms with van der Waals surface area (Å²) in [4.78, 5) is 22.3. The largest absolute Gasteiger partial charge is 0.369 e. The molecular weight excluding hydrogens is 282 g/mol. The van der Waals surface area contributed by atoms with E-state index in [0.29, 0.717) is 0 Å². The van der Waals surface area contributed by atoms with Gasteiger partial charge in [-0.2, -0.15) is 0 Å². The third kappa shape index (κ3) is 3.37. The molecule has 1 unspecified atom stereocenters. The molecule has 0 aliphatic carbocycles. The minimum Gasteiger partial charge on any atom is -0.369 e. The molecule has 1 atom stereocenters. The van der Waals surface area contributed by atoms with Gasteiger partial charge >= 0.3 is 6.03 Å². The summed E-state index contributed by atoms with van der Waals surface area (Å²) in [5.74, 6) is -7.48. The van der Waals surface area contributed by atoms with Gasteiger partial charge in [-0.3, -0.25) is 10.1 Å². The second kappa shape index (κ2) is 6.22. The van der Waals surface area contributed by atoms with Gasteiger partial charge in [-0.05, 0) is 6.92 Å². The van der Waals surface area contributed by atoms with Gasteiger partial charge in [0.05, 0.1) is 0 Å². The molecule has 0 saturated carbocycles.